The van der Waals surface area contributed by atoms with Gasteiger partial charge in [0.25, 0.3) is 0 Å². The van der Waals surface area contributed by atoms with Crippen LogP contribution in [-0.2, 0) is 11.3 Å². The maximum absolute atomic E-state index is 6.06. The largest absolute Gasteiger partial charge is 0.467 e. The lowest BCUT2D eigenvalue weighted by atomic mass is 9.77. The summed E-state index contributed by atoms with van der Waals surface area (Å²) in [4.78, 5) is 0. The van der Waals surface area contributed by atoms with Crippen molar-refractivity contribution < 1.29 is 9.15 Å². The van der Waals surface area contributed by atoms with Gasteiger partial charge in [0.1, 0.15) is 12.4 Å². The predicted octanol–water partition coefficient (Wildman–Crippen LogP) is 3.11. The number of ether oxygens (including phenoxy) is 1. The average Bonchev–Trinajstić information content (AvgIpc) is 2.79. The Kier molecular flexibility index (Phi) is 4.63. The molecule has 0 spiro atoms. The Morgan fingerprint density at radius 2 is 2.29 bits per heavy atom. The maximum atomic E-state index is 6.06. The van der Waals surface area contributed by atoms with Crippen LogP contribution >= 0.6 is 0 Å². The first-order valence-corrected chi connectivity index (χ1v) is 6.72. The zero-order chi connectivity index (χ0) is 12.0. The van der Waals surface area contributed by atoms with Crippen molar-refractivity contribution in [2.24, 2.45) is 0 Å². The van der Waals surface area contributed by atoms with Gasteiger partial charge in [0.15, 0.2) is 0 Å². The maximum Gasteiger partial charge on any atom is 0.129 e. The molecule has 0 saturated heterocycles. The van der Waals surface area contributed by atoms with Crippen LogP contribution in [0.2, 0.25) is 0 Å². The molecule has 17 heavy (non-hydrogen) atoms. The van der Waals surface area contributed by atoms with E-state index in [1.165, 1.54) is 25.7 Å². The van der Waals surface area contributed by atoms with Crippen LogP contribution in [0.3, 0.4) is 0 Å². The third-order valence-electron chi connectivity index (χ3n) is 3.55. The second-order valence-electron chi connectivity index (χ2n) is 4.90. The van der Waals surface area contributed by atoms with Gasteiger partial charge in [-0.3, -0.25) is 0 Å². The summed E-state index contributed by atoms with van der Waals surface area (Å²) in [6.07, 6.45) is 7.71. The van der Waals surface area contributed by atoms with E-state index in [0.717, 1.165) is 25.3 Å². The van der Waals surface area contributed by atoms with Crippen LogP contribution < -0.4 is 5.32 Å². The molecular formula is C14H23NO2. The predicted molar refractivity (Wildman–Crippen MR) is 67.9 cm³/mol. The normalized spacial score (nSPS) is 17.9. The Labute approximate surface area is 104 Å². The van der Waals surface area contributed by atoms with Crippen LogP contribution in [0.4, 0.5) is 0 Å². The smallest absolute Gasteiger partial charge is 0.129 e. The highest BCUT2D eigenvalue weighted by Gasteiger charge is 2.37. The van der Waals surface area contributed by atoms with E-state index in [4.69, 9.17) is 9.15 Å². The Bertz CT molecular complexity index is 304. The lowest BCUT2D eigenvalue weighted by Crippen LogP contribution is -2.42. The van der Waals surface area contributed by atoms with Crippen LogP contribution in [0.15, 0.2) is 22.8 Å². The molecule has 0 radical (unpaired) electrons. The Hall–Kier alpha value is -0.800. The molecule has 1 saturated carbocycles. The molecule has 1 aromatic rings. The number of nitrogens with one attached hydrogen (secondary N) is 1. The second kappa shape index (κ2) is 6.22. The minimum absolute atomic E-state index is 0.119. The van der Waals surface area contributed by atoms with Gasteiger partial charge in [-0.2, -0.15) is 0 Å². The summed E-state index contributed by atoms with van der Waals surface area (Å²) >= 11 is 0. The molecule has 0 aliphatic heterocycles. The summed E-state index contributed by atoms with van der Waals surface area (Å²) in [5.74, 6) is 0.929. The first-order chi connectivity index (χ1) is 8.35. The van der Waals surface area contributed by atoms with E-state index in [9.17, 15) is 0 Å². The van der Waals surface area contributed by atoms with Gasteiger partial charge >= 0.3 is 0 Å². The molecule has 3 nitrogen and oxygen atoms in total. The molecule has 96 valence electrons. The molecule has 0 aromatic carbocycles. The van der Waals surface area contributed by atoms with Crippen molar-refractivity contribution in [2.45, 2.75) is 51.2 Å². The van der Waals surface area contributed by atoms with Gasteiger partial charge in [-0.25, -0.2) is 0 Å². The van der Waals surface area contributed by atoms with Crippen molar-refractivity contribution in [1.82, 2.24) is 5.32 Å². The van der Waals surface area contributed by atoms with E-state index < -0.39 is 0 Å². The lowest BCUT2D eigenvalue weighted by Gasteiger charge is -2.41. The summed E-state index contributed by atoms with van der Waals surface area (Å²) in [6, 6.07) is 3.89. The first kappa shape index (κ1) is 12.7. The lowest BCUT2D eigenvalue weighted by molar-refractivity contribution is -0.118. The molecule has 0 bridgehead atoms. The van der Waals surface area contributed by atoms with Crippen molar-refractivity contribution in [2.75, 3.05) is 13.1 Å². The molecule has 0 amide bonds. The van der Waals surface area contributed by atoms with Crippen molar-refractivity contribution in [1.29, 1.82) is 0 Å². The molecule has 1 heterocycles. The van der Waals surface area contributed by atoms with Crippen LogP contribution in [0, 0.1) is 0 Å². The molecule has 0 atom stereocenters. The minimum Gasteiger partial charge on any atom is -0.467 e. The van der Waals surface area contributed by atoms with Gasteiger partial charge in [-0.1, -0.05) is 6.92 Å². The second-order valence-corrected chi connectivity index (χ2v) is 4.90. The number of hydrogen-bond donors (Lipinski definition) is 1. The Morgan fingerprint density at radius 3 is 2.88 bits per heavy atom. The molecule has 1 aromatic heterocycles. The van der Waals surface area contributed by atoms with Crippen LogP contribution in [0.1, 0.15) is 44.8 Å². The molecular weight excluding hydrogens is 214 g/mol. The van der Waals surface area contributed by atoms with Crippen molar-refractivity contribution in [3.05, 3.63) is 24.2 Å². The van der Waals surface area contributed by atoms with Crippen molar-refractivity contribution >= 4 is 0 Å². The monoisotopic (exact) mass is 237 g/mol. The third-order valence-corrected chi connectivity index (χ3v) is 3.55. The number of rotatable bonds is 8. The average molecular weight is 237 g/mol. The van der Waals surface area contributed by atoms with Gasteiger partial charge < -0.3 is 14.5 Å². The van der Waals surface area contributed by atoms with Crippen LogP contribution in [0.25, 0.3) is 0 Å². The summed E-state index contributed by atoms with van der Waals surface area (Å²) in [5, 5.41) is 3.45. The summed E-state index contributed by atoms with van der Waals surface area (Å²) < 4.78 is 11.4. The summed E-state index contributed by atoms with van der Waals surface area (Å²) in [7, 11) is 0. The van der Waals surface area contributed by atoms with E-state index in [2.05, 4.69) is 12.2 Å². The molecule has 1 aliphatic carbocycles. The fourth-order valence-corrected chi connectivity index (χ4v) is 2.27. The first-order valence-electron chi connectivity index (χ1n) is 6.72. The highest BCUT2D eigenvalue weighted by molar-refractivity contribution is 4.98. The van der Waals surface area contributed by atoms with E-state index in [0.29, 0.717) is 6.61 Å². The van der Waals surface area contributed by atoms with Crippen LogP contribution in [0.5, 0.6) is 0 Å². The van der Waals surface area contributed by atoms with E-state index in [-0.39, 0.29) is 5.60 Å². The highest BCUT2D eigenvalue weighted by atomic mass is 16.5. The van der Waals surface area contributed by atoms with E-state index >= 15 is 0 Å². The van der Waals surface area contributed by atoms with E-state index in [1.807, 2.05) is 12.1 Å². The summed E-state index contributed by atoms with van der Waals surface area (Å²) in [6.45, 7) is 4.97. The van der Waals surface area contributed by atoms with Gasteiger partial charge in [0, 0.05) is 0 Å². The number of furan rings is 1. The topological polar surface area (TPSA) is 34.4 Å². The van der Waals surface area contributed by atoms with Crippen molar-refractivity contribution in [3.63, 3.8) is 0 Å². The molecule has 0 unspecified atom stereocenters. The highest BCUT2D eigenvalue weighted by Crippen LogP contribution is 2.39. The number of hydrogen-bond acceptors (Lipinski definition) is 3. The third kappa shape index (κ3) is 3.58. The van der Waals surface area contributed by atoms with Crippen molar-refractivity contribution in [3.8, 4) is 0 Å². The van der Waals surface area contributed by atoms with Gasteiger partial charge in [-0.05, 0) is 57.3 Å². The minimum atomic E-state index is 0.119. The SMILES string of the molecule is CCCNCCC1(OCc2ccco2)CCC1. The van der Waals surface area contributed by atoms with Crippen LogP contribution in [-0.4, -0.2) is 18.7 Å². The quantitative estimate of drug-likeness (QED) is 0.705. The molecule has 3 heteroatoms. The van der Waals surface area contributed by atoms with Gasteiger partial charge in [0.05, 0.1) is 11.9 Å². The standard InChI is InChI=1S/C14H23NO2/c1-2-9-15-10-8-14(6-4-7-14)17-12-13-5-3-11-16-13/h3,5,11,15H,2,4,6-10,12H2,1H3. The molecule has 2 rings (SSSR count). The van der Waals surface area contributed by atoms with E-state index in [1.54, 1.807) is 6.26 Å². The molecule has 1 N–H and O–H groups in total. The molecule has 1 aliphatic rings. The van der Waals surface area contributed by atoms with Gasteiger partial charge in [-0.15, -0.1) is 0 Å². The Morgan fingerprint density at radius 1 is 1.41 bits per heavy atom. The zero-order valence-corrected chi connectivity index (χ0v) is 10.7. The van der Waals surface area contributed by atoms with Gasteiger partial charge in [0.2, 0.25) is 0 Å². The molecule has 1 fully saturated rings. The summed E-state index contributed by atoms with van der Waals surface area (Å²) in [5.41, 5.74) is 0.119. The fraction of sp³-hybridized carbons (Fsp3) is 0.714. The zero-order valence-electron chi connectivity index (χ0n) is 10.7. The fourth-order valence-electron chi connectivity index (χ4n) is 2.27. The Balaban J connectivity index is 1.71.